The molecule has 1 fully saturated rings. The molecule has 0 saturated carbocycles. The van der Waals surface area contributed by atoms with Gasteiger partial charge in [0.1, 0.15) is 0 Å². The summed E-state index contributed by atoms with van der Waals surface area (Å²) in [5.41, 5.74) is 0. The maximum Gasteiger partial charge on any atom is 0.323 e. The van der Waals surface area contributed by atoms with Gasteiger partial charge in [-0.1, -0.05) is 0 Å². The molecule has 1 N–H and O–H groups in total. The first-order valence-corrected chi connectivity index (χ1v) is 8.73. The number of carboxylic acid groups (broad SMARTS) is 1. The summed E-state index contributed by atoms with van der Waals surface area (Å²) >= 11 is 0. The van der Waals surface area contributed by atoms with E-state index in [9.17, 15) is 13.2 Å². The molecule has 124 valence electrons. The molecule has 0 radical (unpaired) electrons. The number of nitrogens with zero attached hydrogens (tertiary/aromatic N) is 3. The van der Waals surface area contributed by atoms with E-state index in [2.05, 4.69) is 16.8 Å². The lowest BCUT2D eigenvalue weighted by Crippen LogP contribution is -2.46. The van der Waals surface area contributed by atoms with E-state index in [4.69, 9.17) is 5.11 Å². The number of carbonyl (C=O) groups is 1. The van der Waals surface area contributed by atoms with Crippen LogP contribution in [0.1, 0.15) is 19.8 Å². The molecule has 1 unspecified atom stereocenters. The smallest absolute Gasteiger partial charge is 0.323 e. The second-order valence-corrected chi connectivity index (χ2v) is 8.22. The Balaban J connectivity index is 2.48. The second-order valence-electron chi connectivity index (χ2n) is 5.86. The molecule has 0 bridgehead atoms. The largest absolute Gasteiger partial charge is 0.480 e. The van der Waals surface area contributed by atoms with Crippen LogP contribution in [0.4, 0.5) is 0 Å². The van der Waals surface area contributed by atoms with Crippen molar-refractivity contribution < 1.29 is 18.3 Å². The molecule has 0 aliphatic carbocycles. The average Bonchev–Trinajstić information content (AvgIpc) is 2.43. The van der Waals surface area contributed by atoms with Gasteiger partial charge in [0.2, 0.25) is 10.0 Å². The SMILES string of the molecule is CC(C(=O)O)S(=O)(=O)N(C)CCN(C)C1CCN(C)CC1. The van der Waals surface area contributed by atoms with Gasteiger partial charge in [0, 0.05) is 26.2 Å². The molecule has 8 heteroatoms. The predicted octanol–water partition coefficient (Wildman–Crippen LogP) is -0.253. The average molecular weight is 321 g/mol. The van der Waals surface area contributed by atoms with E-state index in [-0.39, 0.29) is 0 Å². The zero-order valence-corrected chi connectivity index (χ0v) is 14.1. The number of piperidine rings is 1. The number of likely N-dealkylation sites (N-methyl/N-ethyl adjacent to an activating group) is 2. The Labute approximate surface area is 127 Å². The number of hydrogen-bond donors (Lipinski definition) is 1. The minimum Gasteiger partial charge on any atom is -0.480 e. The van der Waals surface area contributed by atoms with Gasteiger partial charge in [-0.15, -0.1) is 0 Å². The van der Waals surface area contributed by atoms with Crippen molar-refractivity contribution in [3.8, 4) is 0 Å². The fourth-order valence-electron chi connectivity index (χ4n) is 2.44. The van der Waals surface area contributed by atoms with Crippen LogP contribution in [-0.4, -0.2) is 92.2 Å². The van der Waals surface area contributed by atoms with Gasteiger partial charge < -0.3 is 14.9 Å². The number of likely N-dealkylation sites (tertiary alicyclic amines) is 1. The van der Waals surface area contributed by atoms with Crippen LogP contribution in [-0.2, 0) is 14.8 Å². The van der Waals surface area contributed by atoms with Crippen molar-refractivity contribution in [2.45, 2.75) is 31.1 Å². The number of aliphatic carboxylic acids is 1. The molecule has 1 rings (SSSR count). The third-order valence-corrected chi connectivity index (χ3v) is 6.45. The van der Waals surface area contributed by atoms with E-state index in [0.717, 1.165) is 30.2 Å². The third kappa shape index (κ3) is 4.91. The minimum atomic E-state index is -3.77. The monoisotopic (exact) mass is 321 g/mol. The number of hydrogen-bond acceptors (Lipinski definition) is 5. The molecule has 21 heavy (non-hydrogen) atoms. The van der Waals surface area contributed by atoms with E-state index in [0.29, 0.717) is 19.1 Å². The Morgan fingerprint density at radius 2 is 1.81 bits per heavy atom. The molecule has 1 heterocycles. The Morgan fingerprint density at radius 3 is 2.29 bits per heavy atom. The highest BCUT2D eigenvalue weighted by Crippen LogP contribution is 2.14. The summed E-state index contributed by atoms with van der Waals surface area (Å²) < 4.78 is 25.2. The molecular weight excluding hydrogens is 294 g/mol. The van der Waals surface area contributed by atoms with Crippen molar-refractivity contribution in [2.24, 2.45) is 0 Å². The molecule has 0 aromatic carbocycles. The maximum absolute atomic E-state index is 12.0. The summed E-state index contributed by atoms with van der Waals surface area (Å²) in [6.07, 6.45) is 2.16. The molecule has 0 amide bonds. The van der Waals surface area contributed by atoms with Crippen molar-refractivity contribution in [2.75, 3.05) is 47.3 Å². The molecule has 0 aromatic heterocycles. The van der Waals surface area contributed by atoms with Crippen LogP contribution in [0.15, 0.2) is 0 Å². The van der Waals surface area contributed by atoms with Crippen molar-refractivity contribution in [1.29, 1.82) is 0 Å². The Bertz CT molecular complexity index is 446. The second kappa shape index (κ2) is 7.53. The van der Waals surface area contributed by atoms with Crippen molar-refractivity contribution >= 4 is 16.0 Å². The van der Waals surface area contributed by atoms with E-state index in [1.54, 1.807) is 0 Å². The summed E-state index contributed by atoms with van der Waals surface area (Å²) in [7, 11) is 1.77. The van der Waals surface area contributed by atoms with Gasteiger partial charge >= 0.3 is 5.97 Å². The summed E-state index contributed by atoms with van der Waals surface area (Å²) in [6.45, 7) is 4.23. The molecule has 1 saturated heterocycles. The number of sulfonamides is 1. The normalized spacial score (nSPS) is 20.1. The van der Waals surface area contributed by atoms with E-state index in [1.807, 2.05) is 7.05 Å². The summed E-state index contributed by atoms with van der Waals surface area (Å²) in [6, 6.07) is 0.467. The predicted molar refractivity (Wildman–Crippen MR) is 81.8 cm³/mol. The quantitative estimate of drug-likeness (QED) is 0.696. The molecule has 1 aliphatic heterocycles. The first-order chi connectivity index (χ1) is 9.66. The number of carboxylic acids is 1. The third-order valence-electron chi connectivity index (χ3n) is 4.31. The highest BCUT2D eigenvalue weighted by molar-refractivity contribution is 7.90. The van der Waals surface area contributed by atoms with Gasteiger partial charge in [-0.25, -0.2) is 12.7 Å². The fraction of sp³-hybridized carbons (Fsp3) is 0.923. The first kappa shape index (κ1) is 18.3. The van der Waals surface area contributed by atoms with Crippen molar-refractivity contribution in [3.05, 3.63) is 0 Å². The molecule has 7 nitrogen and oxygen atoms in total. The lowest BCUT2D eigenvalue weighted by molar-refractivity contribution is -0.136. The Kier molecular flexibility index (Phi) is 6.58. The van der Waals surface area contributed by atoms with Gasteiger partial charge in [-0.05, 0) is 47.0 Å². The van der Waals surface area contributed by atoms with Crippen LogP contribution in [0.2, 0.25) is 0 Å². The van der Waals surface area contributed by atoms with Gasteiger partial charge in [-0.3, -0.25) is 4.79 Å². The fourth-order valence-corrected chi connectivity index (χ4v) is 3.57. The van der Waals surface area contributed by atoms with Crippen molar-refractivity contribution in [3.63, 3.8) is 0 Å². The minimum absolute atomic E-state index is 0.308. The number of rotatable bonds is 7. The standard InChI is InChI=1S/C13H27N3O4S/c1-11(13(17)18)21(19,20)16(4)10-9-15(3)12-5-7-14(2)8-6-12/h11-12H,5-10H2,1-4H3,(H,17,18). The van der Waals surface area contributed by atoms with Crippen LogP contribution in [0.3, 0.4) is 0 Å². The summed E-state index contributed by atoms with van der Waals surface area (Å²) in [5, 5.41) is 7.45. The van der Waals surface area contributed by atoms with Gasteiger partial charge in [0.25, 0.3) is 0 Å². The van der Waals surface area contributed by atoms with Gasteiger partial charge in [-0.2, -0.15) is 0 Å². The topological polar surface area (TPSA) is 81.2 Å². The summed E-state index contributed by atoms with van der Waals surface area (Å²) in [4.78, 5) is 15.3. The van der Waals surface area contributed by atoms with E-state index >= 15 is 0 Å². The van der Waals surface area contributed by atoms with Crippen LogP contribution in [0.25, 0.3) is 0 Å². The molecule has 1 atom stereocenters. The lowest BCUT2D eigenvalue weighted by Gasteiger charge is -2.35. The molecule has 0 aromatic rings. The van der Waals surface area contributed by atoms with Crippen molar-refractivity contribution in [1.82, 2.24) is 14.1 Å². The van der Waals surface area contributed by atoms with Crippen LogP contribution < -0.4 is 0 Å². The van der Waals surface area contributed by atoms with Gasteiger partial charge in [0.15, 0.2) is 5.25 Å². The lowest BCUT2D eigenvalue weighted by atomic mass is 10.0. The van der Waals surface area contributed by atoms with Crippen LogP contribution in [0, 0.1) is 0 Å². The highest BCUT2D eigenvalue weighted by Gasteiger charge is 2.32. The zero-order chi connectivity index (χ0) is 16.2. The Hall–Kier alpha value is -0.700. The van der Waals surface area contributed by atoms with Gasteiger partial charge in [0.05, 0.1) is 0 Å². The van der Waals surface area contributed by atoms with Crippen LogP contribution in [0.5, 0.6) is 0 Å². The summed E-state index contributed by atoms with van der Waals surface area (Å²) in [5.74, 6) is -1.31. The van der Waals surface area contributed by atoms with Crippen LogP contribution >= 0.6 is 0 Å². The van der Waals surface area contributed by atoms with E-state index < -0.39 is 21.2 Å². The molecular formula is C13H27N3O4S. The first-order valence-electron chi connectivity index (χ1n) is 7.23. The highest BCUT2D eigenvalue weighted by atomic mass is 32.2. The maximum atomic E-state index is 12.0. The molecule has 1 aliphatic rings. The zero-order valence-electron chi connectivity index (χ0n) is 13.3. The van der Waals surface area contributed by atoms with E-state index in [1.165, 1.54) is 14.0 Å². The molecule has 0 spiro atoms. The Morgan fingerprint density at radius 1 is 1.29 bits per heavy atom.